The standard InChI is InChI=1S/C16H21F2NO2/c1-11(13-5-3-4-6-14(13)20)19(2)15(21)12-7-9-16(17,18)10-8-12/h3-6,11-12,20H,7-10H2,1-2H3. The Morgan fingerprint density at radius 1 is 1.33 bits per heavy atom. The first-order chi connectivity index (χ1) is 9.82. The first kappa shape index (κ1) is 15.7. The molecule has 1 saturated carbocycles. The van der Waals surface area contributed by atoms with Gasteiger partial charge in [0.15, 0.2) is 0 Å². The Kier molecular flexibility index (Phi) is 4.49. The van der Waals surface area contributed by atoms with Crippen LogP contribution in [0.3, 0.4) is 0 Å². The molecule has 0 heterocycles. The molecule has 1 amide bonds. The van der Waals surface area contributed by atoms with E-state index in [-0.39, 0.29) is 49.3 Å². The molecule has 1 atom stereocenters. The van der Waals surface area contributed by atoms with Crippen LogP contribution in [0.1, 0.15) is 44.2 Å². The summed E-state index contributed by atoms with van der Waals surface area (Å²) >= 11 is 0. The molecule has 1 aromatic carbocycles. The number of phenols is 1. The van der Waals surface area contributed by atoms with Crippen molar-refractivity contribution in [2.75, 3.05) is 7.05 Å². The van der Waals surface area contributed by atoms with Gasteiger partial charge in [0.1, 0.15) is 5.75 Å². The monoisotopic (exact) mass is 297 g/mol. The van der Waals surface area contributed by atoms with Crippen molar-refractivity contribution in [2.24, 2.45) is 5.92 Å². The lowest BCUT2D eigenvalue weighted by atomic mass is 9.85. The van der Waals surface area contributed by atoms with E-state index < -0.39 is 5.92 Å². The molecular formula is C16H21F2NO2. The Balaban J connectivity index is 2.04. The normalized spacial score (nSPS) is 20.0. The fraction of sp³-hybridized carbons (Fsp3) is 0.562. The third kappa shape index (κ3) is 3.52. The maximum absolute atomic E-state index is 13.2. The second-order valence-corrected chi connectivity index (χ2v) is 5.81. The van der Waals surface area contributed by atoms with Crippen molar-refractivity contribution in [1.29, 1.82) is 0 Å². The van der Waals surface area contributed by atoms with Crippen LogP contribution in [-0.4, -0.2) is 28.9 Å². The number of halogens is 2. The van der Waals surface area contributed by atoms with Crippen molar-refractivity contribution in [3.8, 4) is 5.75 Å². The molecule has 3 nitrogen and oxygen atoms in total. The molecule has 1 N–H and O–H groups in total. The van der Waals surface area contributed by atoms with E-state index in [1.807, 2.05) is 6.92 Å². The van der Waals surface area contributed by atoms with Gasteiger partial charge in [-0.3, -0.25) is 4.79 Å². The van der Waals surface area contributed by atoms with Crippen molar-refractivity contribution in [3.63, 3.8) is 0 Å². The minimum Gasteiger partial charge on any atom is -0.508 e. The molecule has 1 unspecified atom stereocenters. The summed E-state index contributed by atoms with van der Waals surface area (Å²) in [6, 6.07) is 6.56. The van der Waals surface area contributed by atoms with Crippen LogP contribution in [0.25, 0.3) is 0 Å². The molecule has 0 spiro atoms. The first-order valence-corrected chi connectivity index (χ1v) is 7.24. The number of nitrogens with zero attached hydrogens (tertiary/aromatic N) is 1. The van der Waals surface area contributed by atoms with Crippen LogP contribution in [0.5, 0.6) is 5.75 Å². The molecule has 2 rings (SSSR count). The quantitative estimate of drug-likeness (QED) is 0.923. The number of carbonyl (C=O) groups excluding carboxylic acids is 1. The second kappa shape index (κ2) is 6.00. The van der Waals surface area contributed by atoms with Crippen molar-refractivity contribution in [3.05, 3.63) is 29.8 Å². The van der Waals surface area contributed by atoms with E-state index in [0.717, 1.165) is 0 Å². The third-order valence-corrected chi connectivity index (χ3v) is 4.38. The molecule has 1 aliphatic carbocycles. The number of benzene rings is 1. The Labute approximate surface area is 123 Å². The summed E-state index contributed by atoms with van der Waals surface area (Å²) in [4.78, 5) is 14.0. The molecule has 0 aliphatic heterocycles. The molecule has 0 saturated heterocycles. The van der Waals surface area contributed by atoms with Gasteiger partial charge in [0, 0.05) is 31.4 Å². The second-order valence-electron chi connectivity index (χ2n) is 5.81. The van der Waals surface area contributed by atoms with Gasteiger partial charge in [-0.15, -0.1) is 0 Å². The molecule has 1 fully saturated rings. The lowest BCUT2D eigenvalue weighted by Gasteiger charge is -2.33. The van der Waals surface area contributed by atoms with Gasteiger partial charge < -0.3 is 10.0 Å². The average Bonchev–Trinajstić information content (AvgIpc) is 2.45. The van der Waals surface area contributed by atoms with Crippen LogP contribution >= 0.6 is 0 Å². The van der Waals surface area contributed by atoms with Crippen LogP contribution in [-0.2, 0) is 4.79 Å². The molecule has 1 aliphatic rings. The van der Waals surface area contributed by atoms with E-state index in [0.29, 0.717) is 5.56 Å². The average molecular weight is 297 g/mol. The largest absolute Gasteiger partial charge is 0.508 e. The molecule has 0 aromatic heterocycles. The number of carbonyl (C=O) groups is 1. The number of para-hydroxylation sites is 1. The summed E-state index contributed by atoms with van der Waals surface area (Å²) in [6.07, 6.45) is 0.0117. The van der Waals surface area contributed by atoms with E-state index in [1.54, 1.807) is 36.2 Å². The molecule has 21 heavy (non-hydrogen) atoms. The maximum atomic E-state index is 13.2. The zero-order valence-corrected chi connectivity index (χ0v) is 12.4. The summed E-state index contributed by atoms with van der Waals surface area (Å²) in [6.45, 7) is 1.82. The number of aromatic hydroxyl groups is 1. The number of alkyl halides is 2. The van der Waals surface area contributed by atoms with Gasteiger partial charge in [-0.25, -0.2) is 8.78 Å². The van der Waals surface area contributed by atoms with Crippen LogP contribution in [0.15, 0.2) is 24.3 Å². The summed E-state index contributed by atoms with van der Waals surface area (Å²) < 4.78 is 26.3. The summed E-state index contributed by atoms with van der Waals surface area (Å²) in [5, 5.41) is 9.85. The highest BCUT2D eigenvalue weighted by Crippen LogP contribution is 2.38. The van der Waals surface area contributed by atoms with Gasteiger partial charge in [0.2, 0.25) is 11.8 Å². The molecule has 116 valence electrons. The first-order valence-electron chi connectivity index (χ1n) is 7.24. The Morgan fingerprint density at radius 2 is 1.90 bits per heavy atom. The topological polar surface area (TPSA) is 40.5 Å². The van der Waals surface area contributed by atoms with Gasteiger partial charge >= 0.3 is 0 Å². The van der Waals surface area contributed by atoms with E-state index in [2.05, 4.69) is 0 Å². The predicted octanol–water partition coefficient (Wildman–Crippen LogP) is 3.74. The van der Waals surface area contributed by atoms with E-state index in [4.69, 9.17) is 0 Å². The lowest BCUT2D eigenvalue weighted by molar-refractivity contribution is -0.140. The van der Waals surface area contributed by atoms with Crippen LogP contribution in [0.2, 0.25) is 0 Å². The van der Waals surface area contributed by atoms with Crippen LogP contribution in [0.4, 0.5) is 8.78 Å². The number of phenolic OH excluding ortho intramolecular Hbond substituents is 1. The summed E-state index contributed by atoms with van der Waals surface area (Å²) in [5.41, 5.74) is 0.662. The predicted molar refractivity (Wildman–Crippen MR) is 76.2 cm³/mol. The molecule has 5 heteroatoms. The summed E-state index contributed by atoms with van der Waals surface area (Å²) in [7, 11) is 1.66. The van der Waals surface area contributed by atoms with Crippen LogP contribution in [0, 0.1) is 5.92 Å². The molecule has 1 aromatic rings. The number of hydrogen-bond acceptors (Lipinski definition) is 2. The molecule has 0 radical (unpaired) electrons. The molecular weight excluding hydrogens is 276 g/mol. The highest BCUT2D eigenvalue weighted by Gasteiger charge is 2.38. The highest BCUT2D eigenvalue weighted by atomic mass is 19.3. The third-order valence-electron chi connectivity index (χ3n) is 4.38. The van der Waals surface area contributed by atoms with Gasteiger partial charge in [-0.1, -0.05) is 18.2 Å². The van der Waals surface area contributed by atoms with Crippen LogP contribution < -0.4 is 0 Å². The minimum absolute atomic E-state index is 0.124. The number of rotatable bonds is 3. The molecule has 0 bridgehead atoms. The lowest BCUT2D eigenvalue weighted by Crippen LogP contribution is -2.38. The van der Waals surface area contributed by atoms with Crippen molar-refractivity contribution < 1.29 is 18.7 Å². The van der Waals surface area contributed by atoms with Gasteiger partial charge in [-0.05, 0) is 25.8 Å². The zero-order valence-electron chi connectivity index (χ0n) is 12.4. The fourth-order valence-electron chi connectivity index (χ4n) is 2.82. The Bertz CT molecular complexity index is 509. The SMILES string of the molecule is CC(c1ccccc1O)N(C)C(=O)C1CCC(F)(F)CC1. The van der Waals surface area contributed by atoms with Gasteiger partial charge in [0.25, 0.3) is 0 Å². The van der Waals surface area contributed by atoms with Crippen molar-refractivity contribution >= 4 is 5.91 Å². The van der Waals surface area contributed by atoms with Crippen molar-refractivity contribution in [2.45, 2.75) is 44.6 Å². The van der Waals surface area contributed by atoms with E-state index in [9.17, 15) is 18.7 Å². The minimum atomic E-state index is -2.63. The fourth-order valence-corrected chi connectivity index (χ4v) is 2.82. The Morgan fingerprint density at radius 3 is 2.48 bits per heavy atom. The highest BCUT2D eigenvalue weighted by molar-refractivity contribution is 5.79. The summed E-state index contributed by atoms with van der Waals surface area (Å²) in [5.74, 6) is -2.96. The Hall–Kier alpha value is -1.65. The number of hydrogen-bond donors (Lipinski definition) is 1. The van der Waals surface area contributed by atoms with E-state index >= 15 is 0 Å². The maximum Gasteiger partial charge on any atom is 0.248 e. The van der Waals surface area contributed by atoms with Gasteiger partial charge in [0.05, 0.1) is 6.04 Å². The van der Waals surface area contributed by atoms with E-state index in [1.165, 1.54) is 0 Å². The van der Waals surface area contributed by atoms with Crippen molar-refractivity contribution in [1.82, 2.24) is 4.90 Å². The smallest absolute Gasteiger partial charge is 0.248 e. The van der Waals surface area contributed by atoms with Gasteiger partial charge in [-0.2, -0.15) is 0 Å². The zero-order chi connectivity index (χ0) is 15.6. The number of amides is 1.